The Morgan fingerprint density at radius 2 is 2.04 bits per heavy atom. The van der Waals surface area contributed by atoms with Crippen LogP contribution in [0, 0.1) is 0 Å². The number of nitrogens with one attached hydrogen (secondary N) is 1. The molecule has 1 atom stereocenters. The second-order valence-electron chi connectivity index (χ2n) is 6.85. The lowest BCUT2D eigenvalue weighted by atomic mass is 10.1. The van der Waals surface area contributed by atoms with Gasteiger partial charge in [-0.05, 0) is 25.3 Å². The fraction of sp³-hybridized carbons (Fsp3) is 0.500. The summed E-state index contributed by atoms with van der Waals surface area (Å²) >= 11 is 0. The number of halogens is 1. The number of benzene rings is 1. The first-order chi connectivity index (χ1) is 10.6. The van der Waals surface area contributed by atoms with E-state index in [-0.39, 0.29) is 29.9 Å². The van der Waals surface area contributed by atoms with Gasteiger partial charge < -0.3 is 38.2 Å². The van der Waals surface area contributed by atoms with Crippen molar-refractivity contribution in [3.05, 3.63) is 36.0 Å². The molecule has 0 spiro atoms. The average Bonchev–Trinajstić information content (AvgIpc) is 2.85. The van der Waals surface area contributed by atoms with Crippen LogP contribution < -0.4 is 24.0 Å². The van der Waals surface area contributed by atoms with Gasteiger partial charge in [0.1, 0.15) is 12.6 Å². The van der Waals surface area contributed by atoms with E-state index in [0.717, 1.165) is 28.4 Å². The van der Waals surface area contributed by atoms with Crippen molar-refractivity contribution < 1.29 is 38.0 Å². The van der Waals surface area contributed by atoms with Crippen molar-refractivity contribution in [1.82, 2.24) is 4.98 Å². The zero-order valence-corrected chi connectivity index (χ0v) is 16.0. The van der Waals surface area contributed by atoms with E-state index in [1.54, 1.807) is 6.20 Å². The van der Waals surface area contributed by atoms with Gasteiger partial charge in [-0.25, -0.2) is 4.79 Å². The molecule has 1 aromatic carbocycles. The van der Waals surface area contributed by atoms with Gasteiger partial charge in [0, 0.05) is 23.5 Å². The van der Waals surface area contributed by atoms with Crippen LogP contribution in [0.5, 0.6) is 0 Å². The first kappa shape index (κ1) is 18.3. The molecular formula is C18H25IN2O2. The van der Waals surface area contributed by atoms with Crippen LogP contribution in [0.3, 0.4) is 0 Å². The van der Waals surface area contributed by atoms with Gasteiger partial charge in [0.25, 0.3) is 0 Å². The molecule has 5 heteroatoms. The maximum atomic E-state index is 12.4. The minimum Gasteiger partial charge on any atom is -1.00 e. The Morgan fingerprint density at radius 1 is 1.26 bits per heavy atom. The molecule has 23 heavy (non-hydrogen) atoms. The van der Waals surface area contributed by atoms with Crippen LogP contribution >= 0.6 is 0 Å². The lowest BCUT2D eigenvalue weighted by Gasteiger charge is -2.36. The summed E-state index contributed by atoms with van der Waals surface area (Å²) in [4.78, 5) is 15.5. The number of ether oxygens (including phenoxy) is 1. The molecule has 1 saturated heterocycles. The zero-order chi connectivity index (χ0) is 15.6. The van der Waals surface area contributed by atoms with E-state index in [0.29, 0.717) is 18.2 Å². The molecule has 1 aliphatic heterocycles. The van der Waals surface area contributed by atoms with E-state index in [2.05, 4.69) is 19.1 Å². The Labute approximate surface area is 154 Å². The quantitative estimate of drug-likeness (QED) is 0.436. The minimum absolute atomic E-state index is 0. The molecule has 2 heterocycles. The molecule has 3 rings (SSSR count). The van der Waals surface area contributed by atoms with Crippen LogP contribution in [0.15, 0.2) is 30.5 Å². The van der Waals surface area contributed by atoms with Gasteiger partial charge >= 0.3 is 5.97 Å². The number of para-hydroxylation sites is 1. The Hall–Kier alpha value is -1.08. The predicted octanol–water partition coefficient (Wildman–Crippen LogP) is 0.348. The molecule has 0 radical (unpaired) electrons. The summed E-state index contributed by atoms with van der Waals surface area (Å²) in [6, 6.07) is 8.22. The number of carbonyl (C=O) groups excluding carboxylic acids is 1. The topological polar surface area (TPSA) is 42.1 Å². The van der Waals surface area contributed by atoms with Gasteiger partial charge in [-0.2, -0.15) is 0 Å². The first-order valence-electron chi connectivity index (χ1n) is 8.14. The second kappa shape index (κ2) is 7.66. The fourth-order valence-electron chi connectivity index (χ4n) is 3.38. The number of hydrogen-bond acceptors (Lipinski definition) is 2. The second-order valence-corrected chi connectivity index (χ2v) is 6.85. The van der Waals surface area contributed by atoms with E-state index in [1.165, 1.54) is 19.3 Å². The molecule has 0 saturated carbocycles. The summed E-state index contributed by atoms with van der Waals surface area (Å²) in [6.07, 6.45) is 6.67. The highest BCUT2D eigenvalue weighted by atomic mass is 127. The van der Waals surface area contributed by atoms with Crippen LogP contribution in [0.25, 0.3) is 10.9 Å². The molecule has 1 aromatic heterocycles. The summed E-state index contributed by atoms with van der Waals surface area (Å²) in [7, 11) is 4.49. The monoisotopic (exact) mass is 428 g/mol. The predicted molar refractivity (Wildman–Crippen MR) is 87.8 cm³/mol. The molecule has 0 aliphatic carbocycles. The normalized spacial score (nSPS) is 20.5. The Kier molecular flexibility index (Phi) is 6.08. The van der Waals surface area contributed by atoms with Crippen LogP contribution in [-0.4, -0.2) is 48.7 Å². The minimum atomic E-state index is -0.221. The van der Waals surface area contributed by atoms with Crippen LogP contribution in [0.4, 0.5) is 0 Å². The van der Waals surface area contributed by atoms with Crippen LogP contribution in [-0.2, 0) is 4.74 Å². The number of hydrogen-bond donors (Lipinski definition) is 1. The molecule has 0 amide bonds. The van der Waals surface area contributed by atoms with E-state index >= 15 is 0 Å². The molecule has 4 nitrogen and oxygen atoms in total. The smallest absolute Gasteiger partial charge is 0.340 e. The number of carbonyl (C=O) groups is 1. The van der Waals surface area contributed by atoms with E-state index in [1.807, 2.05) is 24.3 Å². The molecule has 126 valence electrons. The van der Waals surface area contributed by atoms with Crippen molar-refractivity contribution in [3.63, 3.8) is 0 Å². The lowest BCUT2D eigenvalue weighted by molar-refractivity contribution is -0.914. The van der Waals surface area contributed by atoms with E-state index < -0.39 is 0 Å². The molecular weight excluding hydrogens is 403 g/mol. The summed E-state index contributed by atoms with van der Waals surface area (Å²) < 4.78 is 6.60. The van der Waals surface area contributed by atoms with Crippen molar-refractivity contribution in [1.29, 1.82) is 0 Å². The Morgan fingerprint density at radius 3 is 2.87 bits per heavy atom. The zero-order valence-electron chi connectivity index (χ0n) is 13.8. The number of quaternary nitrogens is 1. The molecule has 1 unspecified atom stereocenters. The third-order valence-corrected chi connectivity index (χ3v) is 4.98. The van der Waals surface area contributed by atoms with Gasteiger partial charge in [0.2, 0.25) is 0 Å². The Balaban J connectivity index is 0.00000192. The number of fused-ring (bicyclic) bond motifs is 1. The van der Waals surface area contributed by atoms with Crippen molar-refractivity contribution in [2.45, 2.75) is 31.7 Å². The van der Waals surface area contributed by atoms with Crippen molar-refractivity contribution in [2.24, 2.45) is 0 Å². The maximum Gasteiger partial charge on any atom is 0.340 e. The summed E-state index contributed by atoms with van der Waals surface area (Å²) in [5, 5.41) is 0.933. The number of esters is 1. The van der Waals surface area contributed by atoms with Crippen LogP contribution in [0.1, 0.15) is 36.0 Å². The summed E-state index contributed by atoms with van der Waals surface area (Å²) in [5.41, 5.74) is 1.61. The van der Waals surface area contributed by atoms with Gasteiger partial charge in [-0.1, -0.05) is 18.2 Å². The van der Waals surface area contributed by atoms with Gasteiger partial charge in [0.15, 0.2) is 0 Å². The largest absolute Gasteiger partial charge is 1.00 e. The number of likely N-dealkylation sites (tertiary alicyclic amines) is 1. The highest BCUT2D eigenvalue weighted by Crippen LogP contribution is 2.23. The SMILES string of the molecule is C[N+]1(C)CCCCCC1COC(=O)c1c[nH]c2ccccc12.[I-]. The molecule has 2 aromatic rings. The summed E-state index contributed by atoms with van der Waals surface area (Å²) in [5.74, 6) is -0.221. The molecule has 0 bridgehead atoms. The van der Waals surface area contributed by atoms with Gasteiger partial charge in [0.05, 0.1) is 26.2 Å². The van der Waals surface area contributed by atoms with Gasteiger partial charge in [-0.3, -0.25) is 0 Å². The molecule has 1 N–H and O–H groups in total. The molecule has 1 aliphatic rings. The number of likely N-dealkylation sites (N-methyl/N-ethyl adjacent to an activating group) is 1. The number of rotatable bonds is 3. The number of nitrogens with zero attached hydrogens (tertiary/aromatic N) is 1. The number of H-pyrrole nitrogens is 1. The summed E-state index contributed by atoms with van der Waals surface area (Å²) in [6.45, 7) is 1.67. The standard InChI is InChI=1S/C18H24N2O2.HI/c1-20(2)11-7-3-4-8-14(20)13-22-18(21)16-12-19-17-10-6-5-9-15(16)17;/h5-6,9-10,12,14H,3-4,7-8,11,13H2,1-2H3;1H. The van der Waals surface area contributed by atoms with E-state index in [9.17, 15) is 4.79 Å². The number of aromatic amines is 1. The third-order valence-electron chi connectivity index (χ3n) is 4.98. The van der Waals surface area contributed by atoms with Gasteiger partial charge in [-0.15, -0.1) is 0 Å². The van der Waals surface area contributed by atoms with Crippen molar-refractivity contribution >= 4 is 16.9 Å². The maximum absolute atomic E-state index is 12.4. The van der Waals surface area contributed by atoms with Crippen LogP contribution in [0.2, 0.25) is 0 Å². The fourth-order valence-corrected chi connectivity index (χ4v) is 3.38. The average molecular weight is 428 g/mol. The lowest BCUT2D eigenvalue weighted by Crippen LogP contribution is -3.00. The Bertz CT molecular complexity index is 666. The number of aromatic nitrogens is 1. The van der Waals surface area contributed by atoms with Crippen molar-refractivity contribution in [3.8, 4) is 0 Å². The highest BCUT2D eigenvalue weighted by molar-refractivity contribution is 6.03. The highest BCUT2D eigenvalue weighted by Gasteiger charge is 2.31. The van der Waals surface area contributed by atoms with E-state index in [4.69, 9.17) is 4.74 Å². The first-order valence-corrected chi connectivity index (χ1v) is 8.14. The molecule has 1 fully saturated rings. The van der Waals surface area contributed by atoms with Crippen molar-refractivity contribution in [2.75, 3.05) is 27.2 Å². The third kappa shape index (κ3) is 4.07.